The van der Waals surface area contributed by atoms with Gasteiger partial charge >= 0.3 is 5.69 Å². The third-order valence-electron chi connectivity index (χ3n) is 2.66. The fourth-order valence-electron chi connectivity index (χ4n) is 1.75. The second-order valence-corrected chi connectivity index (χ2v) is 4.92. The molecule has 0 spiro atoms. The number of nitro groups is 1. The SMILES string of the molecule is Cc1nc(N)nc(NCc2ccccc2Br)c1[N+](=O)[O-]. The van der Waals surface area contributed by atoms with Crippen molar-refractivity contribution in [2.45, 2.75) is 13.5 Å². The first-order chi connectivity index (χ1) is 9.49. The second kappa shape index (κ2) is 5.83. The number of rotatable bonds is 4. The molecule has 1 aromatic carbocycles. The summed E-state index contributed by atoms with van der Waals surface area (Å²) in [5, 5.41) is 14.0. The van der Waals surface area contributed by atoms with Crippen molar-refractivity contribution >= 4 is 33.4 Å². The quantitative estimate of drug-likeness (QED) is 0.656. The van der Waals surface area contributed by atoms with Gasteiger partial charge in [0.1, 0.15) is 5.69 Å². The highest BCUT2D eigenvalue weighted by Crippen LogP contribution is 2.27. The van der Waals surface area contributed by atoms with E-state index in [2.05, 4.69) is 31.2 Å². The first-order valence-electron chi connectivity index (χ1n) is 5.75. The molecule has 7 nitrogen and oxygen atoms in total. The maximum absolute atomic E-state index is 11.1. The third-order valence-corrected chi connectivity index (χ3v) is 3.44. The number of benzene rings is 1. The fraction of sp³-hybridized carbons (Fsp3) is 0.167. The van der Waals surface area contributed by atoms with Crippen LogP contribution in [0.15, 0.2) is 28.7 Å². The molecule has 0 fully saturated rings. The van der Waals surface area contributed by atoms with Crippen LogP contribution in [0.3, 0.4) is 0 Å². The minimum atomic E-state index is -0.517. The molecule has 0 saturated carbocycles. The van der Waals surface area contributed by atoms with Crippen LogP contribution in [-0.2, 0) is 6.54 Å². The van der Waals surface area contributed by atoms with Crippen LogP contribution in [-0.4, -0.2) is 14.9 Å². The lowest BCUT2D eigenvalue weighted by molar-refractivity contribution is -0.385. The lowest BCUT2D eigenvalue weighted by Crippen LogP contribution is -2.09. The molecular weight excluding hydrogens is 326 g/mol. The van der Waals surface area contributed by atoms with Crippen molar-refractivity contribution in [3.63, 3.8) is 0 Å². The maximum Gasteiger partial charge on any atom is 0.332 e. The van der Waals surface area contributed by atoms with Gasteiger partial charge in [-0.3, -0.25) is 10.1 Å². The summed E-state index contributed by atoms with van der Waals surface area (Å²) < 4.78 is 0.911. The predicted molar refractivity (Wildman–Crippen MR) is 79.3 cm³/mol. The predicted octanol–water partition coefficient (Wildman–Crippen LogP) is 2.65. The summed E-state index contributed by atoms with van der Waals surface area (Å²) in [5.74, 6) is 0.124. The lowest BCUT2D eigenvalue weighted by Gasteiger charge is -2.09. The fourth-order valence-corrected chi connectivity index (χ4v) is 2.18. The van der Waals surface area contributed by atoms with Gasteiger partial charge in [-0.05, 0) is 18.6 Å². The highest BCUT2D eigenvalue weighted by molar-refractivity contribution is 9.10. The highest BCUT2D eigenvalue weighted by atomic mass is 79.9. The molecule has 0 bridgehead atoms. The Kier molecular flexibility index (Phi) is 4.14. The molecule has 0 atom stereocenters. The number of halogens is 1. The Labute approximate surface area is 123 Å². The standard InChI is InChI=1S/C12H12BrN5O2/c1-7-10(18(19)20)11(17-12(14)16-7)15-6-8-4-2-3-5-9(8)13/h2-5H,6H2,1H3,(H3,14,15,16,17). The summed E-state index contributed by atoms with van der Waals surface area (Å²) >= 11 is 3.41. The van der Waals surface area contributed by atoms with Crippen LogP contribution < -0.4 is 11.1 Å². The molecule has 3 N–H and O–H groups in total. The molecular formula is C12H12BrN5O2. The Morgan fingerprint density at radius 2 is 2.10 bits per heavy atom. The van der Waals surface area contributed by atoms with Crippen molar-refractivity contribution in [1.29, 1.82) is 0 Å². The van der Waals surface area contributed by atoms with Gasteiger partial charge in [0.25, 0.3) is 0 Å². The van der Waals surface area contributed by atoms with Crippen LogP contribution >= 0.6 is 15.9 Å². The smallest absolute Gasteiger partial charge is 0.332 e. The Hall–Kier alpha value is -2.22. The summed E-state index contributed by atoms with van der Waals surface area (Å²) in [5.41, 5.74) is 6.56. The Bertz CT molecular complexity index is 662. The molecule has 8 heteroatoms. The van der Waals surface area contributed by atoms with E-state index in [4.69, 9.17) is 5.73 Å². The van der Waals surface area contributed by atoms with E-state index in [0.717, 1.165) is 10.0 Å². The monoisotopic (exact) mass is 337 g/mol. The molecule has 20 heavy (non-hydrogen) atoms. The van der Waals surface area contributed by atoms with Gasteiger partial charge in [0, 0.05) is 11.0 Å². The molecule has 0 radical (unpaired) electrons. The first kappa shape index (κ1) is 14.2. The van der Waals surface area contributed by atoms with Crippen LogP contribution in [0.4, 0.5) is 17.5 Å². The number of hydrogen-bond donors (Lipinski definition) is 2. The number of aryl methyl sites for hydroxylation is 1. The molecule has 1 heterocycles. The van der Waals surface area contributed by atoms with Gasteiger partial charge in [0.05, 0.1) is 4.92 Å². The van der Waals surface area contributed by atoms with E-state index in [1.54, 1.807) is 0 Å². The van der Waals surface area contributed by atoms with Gasteiger partial charge in [0.2, 0.25) is 11.8 Å². The summed E-state index contributed by atoms with van der Waals surface area (Å²) in [7, 11) is 0. The van der Waals surface area contributed by atoms with Gasteiger partial charge in [-0.15, -0.1) is 0 Å². The van der Waals surface area contributed by atoms with Gasteiger partial charge in [0.15, 0.2) is 0 Å². The van der Waals surface area contributed by atoms with E-state index >= 15 is 0 Å². The van der Waals surface area contributed by atoms with Crippen molar-refractivity contribution in [1.82, 2.24) is 9.97 Å². The molecule has 0 amide bonds. The second-order valence-electron chi connectivity index (χ2n) is 4.07. The van der Waals surface area contributed by atoms with Crippen molar-refractivity contribution in [3.05, 3.63) is 50.1 Å². The Morgan fingerprint density at radius 3 is 2.75 bits per heavy atom. The zero-order chi connectivity index (χ0) is 14.7. The molecule has 104 valence electrons. The summed E-state index contributed by atoms with van der Waals surface area (Å²) in [6, 6.07) is 7.57. The van der Waals surface area contributed by atoms with E-state index in [-0.39, 0.29) is 23.1 Å². The molecule has 0 unspecified atom stereocenters. The molecule has 0 saturated heterocycles. The number of nitrogens with zero attached hydrogens (tertiary/aromatic N) is 3. The number of nitrogens with one attached hydrogen (secondary N) is 1. The van der Waals surface area contributed by atoms with Crippen molar-refractivity contribution in [2.24, 2.45) is 0 Å². The van der Waals surface area contributed by atoms with Crippen molar-refractivity contribution in [3.8, 4) is 0 Å². The summed E-state index contributed by atoms with van der Waals surface area (Å²) in [6.45, 7) is 1.91. The molecule has 0 aliphatic heterocycles. The number of hydrogen-bond acceptors (Lipinski definition) is 6. The number of aromatic nitrogens is 2. The van der Waals surface area contributed by atoms with E-state index < -0.39 is 4.92 Å². The first-order valence-corrected chi connectivity index (χ1v) is 6.54. The largest absolute Gasteiger partial charge is 0.368 e. The molecule has 0 aliphatic carbocycles. The molecule has 1 aromatic heterocycles. The summed E-state index contributed by atoms with van der Waals surface area (Å²) in [4.78, 5) is 18.3. The van der Waals surface area contributed by atoms with Crippen LogP contribution in [0.1, 0.15) is 11.3 Å². The van der Waals surface area contributed by atoms with Gasteiger partial charge < -0.3 is 11.1 Å². The zero-order valence-electron chi connectivity index (χ0n) is 10.6. The highest BCUT2D eigenvalue weighted by Gasteiger charge is 2.21. The van der Waals surface area contributed by atoms with Gasteiger partial charge in [-0.2, -0.15) is 4.98 Å². The minimum Gasteiger partial charge on any atom is -0.368 e. The third kappa shape index (κ3) is 3.02. The van der Waals surface area contributed by atoms with E-state index in [0.29, 0.717) is 6.54 Å². The van der Waals surface area contributed by atoms with Crippen LogP contribution in [0.2, 0.25) is 0 Å². The Morgan fingerprint density at radius 1 is 1.40 bits per heavy atom. The molecule has 0 aliphatic rings. The average Bonchev–Trinajstić information content (AvgIpc) is 2.36. The average molecular weight is 338 g/mol. The van der Waals surface area contributed by atoms with E-state index in [1.165, 1.54) is 6.92 Å². The lowest BCUT2D eigenvalue weighted by atomic mass is 10.2. The topological polar surface area (TPSA) is 107 Å². The van der Waals surface area contributed by atoms with Gasteiger partial charge in [-0.1, -0.05) is 34.1 Å². The zero-order valence-corrected chi connectivity index (χ0v) is 12.2. The number of anilines is 2. The normalized spacial score (nSPS) is 10.3. The Balaban J connectivity index is 2.30. The molecule has 2 aromatic rings. The number of nitrogen functional groups attached to an aromatic ring is 1. The van der Waals surface area contributed by atoms with Gasteiger partial charge in [-0.25, -0.2) is 4.98 Å². The van der Waals surface area contributed by atoms with Crippen LogP contribution in [0.25, 0.3) is 0 Å². The number of nitrogens with two attached hydrogens (primary N) is 1. The van der Waals surface area contributed by atoms with Crippen LogP contribution in [0, 0.1) is 17.0 Å². The van der Waals surface area contributed by atoms with Crippen molar-refractivity contribution in [2.75, 3.05) is 11.1 Å². The van der Waals surface area contributed by atoms with Crippen molar-refractivity contribution < 1.29 is 4.92 Å². The maximum atomic E-state index is 11.1. The van der Waals surface area contributed by atoms with Crippen LogP contribution in [0.5, 0.6) is 0 Å². The van der Waals surface area contributed by atoms with E-state index in [1.807, 2.05) is 24.3 Å². The summed E-state index contributed by atoms with van der Waals surface area (Å²) in [6.07, 6.45) is 0. The minimum absolute atomic E-state index is 0.00253. The molecule has 2 rings (SSSR count). The van der Waals surface area contributed by atoms with E-state index in [9.17, 15) is 10.1 Å².